The molecule has 5 heteroatoms. The zero-order valence-electron chi connectivity index (χ0n) is 9.97. The van der Waals surface area contributed by atoms with Gasteiger partial charge in [0, 0.05) is 0 Å². The molecule has 0 bridgehead atoms. The number of thiophene rings is 1. The van der Waals surface area contributed by atoms with Gasteiger partial charge >= 0.3 is 0 Å². The normalized spacial score (nSPS) is 10.1. The van der Waals surface area contributed by atoms with Crippen LogP contribution in [0.2, 0.25) is 0 Å². The lowest BCUT2D eigenvalue weighted by molar-refractivity contribution is 0.103. The first kappa shape index (κ1) is 12.4. The maximum Gasteiger partial charge on any atom is 0.265 e. The molecule has 3 N–H and O–H groups in total. The van der Waals surface area contributed by atoms with Crippen LogP contribution in [0.15, 0.2) is 36.4 Å². The highest BCUT2D eigenvalue weighted by molar-refractivity contribution is 7.17. The summed E-state index contributed by atoms with van der Waals surface area (Å²) in [5, 5.41) is 3.44. The number of carbonyl (C=O) groups is 1. The van der Waals surface area contributed by atoms with Crippen molar-refractivity contribution < 1.29 is 9.53 Å². The van der Waals surface area contributed by atoms with Crippen molar-refractivity contribution in [2.75, 3.05) is 17.7 Å². The molecule has 0 aliphatic rings. The van der Waals surface area contributed by atoms with E-state index in [0.29, 0.717) is 27.9 Å². The minimum absolute atomic E-state index is 0.177. The van der Waals surface area contributed by atoms with Gasteiger partial charge in [0.2, 0.25) is 0 Å². The Hall–Kier alpha value is -2.01. The third kappa shape index (κ3) is 2.81. The molecule has 0 atom stereocenters. The van der Waals surface area contributed by atoms with Crippen LogP contribution < -0.4 is 15.8 Å². The van der Waals surface area contributed by atoms with Gasteiger partial charge in [0.1, 0.15) is 5.75 Å². The zero-order valence-corrected chi connectivity index (χ0v) is 10.8. The standard InChI is InChI=1S/C13H14N2O2S/c1-2-17-10-6-4-3-5-9(10)15-13(16)11-7-8-12(14)18-11/h3-8H,2,14H2,1H3,(H,15,16). The molecule has 0 saturated carbocycles. The molecule has 0 aliphatic carbocycles. The first-order valence-corrected chi connectivity index (χ1v) is 6.41. The monoisotopic (exact) mass is 262 g/mol. The second kappa shape index (κ2) is 5.55. The topological polar surface area (TPSA) is 64.3 Å². The number of amides is 1. The van der Waals surface area contributed by atoms with E-state index in [1.807, 2.05) is 25.1 Å². The van der Waals surface area contributed by atoms with Crippen LogP contribution in [0.5, 0.6) is 5.75 Å². The minimum atomic E-state index is -0.177. The van der Waals surface area contributed by atoms with Crippen LogP contribution in [0.3, 0.4) is 0 Å². The second-order valence-corrected chi connectivity index (χ2v) is 4.70. The number of anilines is 2. The van der Waals surface area contributed by atoms with Crippen LogP contribution in [0, 0.1) is 0 Å². The lowest BCUT2D eigenvalue weighted by Gasteiger charge is -2.10. The molecule has 0 aliphatic heterocycles. The fraction of sp³-hybridized carbons (Fsp3) is 0.154. The van der Waals surface area contributed by atoms with Crippen LogP contribution in [0.25, 0.3) is 0 Å². The maximum absolute atomic E-state index is 12.0. The van der Waals surface area contributed by atoms with Gasteiger partial charge in [-0.15, -0.1) is 11.3 Å². The van der Waals surface area contributed by atoms with Crippen LogP contribution >= 0.6 is 11.3 Å². The van der Waals surface area contributed by atoms with E-state index in [0.717, 1.165) is 0 Å². The first-order valence-electron chi connectivity index (χ1n) is 5.59. The SMILES string of the molecule is CCOc1ccccc1NC(=O)c1ccc(N)s1. The summed E-state index contributed by atoms with van der Waals surface area (Å²) in [5.74, 6) is 0.488. The summed E-state index contributed by atoms with van der Waals surface area (Å²) in [7, 11) is 0. The van der Waals surface area contributed by atoms with Gasteiger partial charge < -0.3 is 15.8 Å². The van der Waals surface area contributed by atoms with E-state index in [1.54, 1.807) is 18.2 Å². The molecule has 2 aromatic rings. The number of nitrogens with one attached hydrogen (secondary N) is 1. The largest absolute Gasteiger partial charge is 0.492 e. The molecule has 0 spiro atoms. The molecule has 94 valence electrons. The predicted octanol–water partition coefficient (Wildman–Crippen LogP) is 2.98. The van der Waals surface area contributed by atoms with E-state index in [4.69, 9.17) is 10.5 Å². The van der Waals surface area contributed by atoms with Crippen molar-refractivity contribution in [2.24, 2.45) is 0 Å². The predicted molar refractivity (Wildman–Crippen MR) is 74.3 cm³/mol. The van der Waals surface area contributed by atoms with Gasteiger partial charge in [0.25, 0.3) is 5.91 Å². The molecule has 1 amide bonds. The van der Waals surface area contributed by atoms with Gasteiger partial charge in [-0.2, -0.15) is 0 Å². The van der Waals surface area contributed by atoms with Gasteiger partial charge in [-0.1, -0.05) is 12.1 Å². The fourth-order valence-corrected chi connectivity index (χ4v) is 2.18. The molecule has 2 rings (SSSR count). The van der Waals surface area contributed by atoms with Crippen molar-refractivity contribution in [3.05, 3.63) is 41.3 Å². The quantitative estimate of drug-likeness (QED) is 0.890. The van der Waals surface area contributed by atoms with E-state index >= 15 is 0 Å². The Morgan fingerprint density at radius 3 is 2.78 bits per heavy atom. The highest BCUT2D eigenvalue weighted by Gasteiger charge is 2.11. The highest BCUT2D eigenvalue weighted by Crippen LogP contribution is 2.25. The Morgan fingerprint density at radius 1 is 1.33 bits per heavy atom. The number of hydrogen-bond acceptors (Lipinski definition) is 4. The smallest absolute Gasteiger partial charge is 0.265 e. The Balaban J connectivity index is 2.16. The van der Waals surface area contributed by atoms with Crippen LogP contribution in [-0.4, -0.2) is 12.5 Å². The van der Waals surface area contributed by atoms with Crippen molar-refractivity contribution in [3.63, 3.8) is 0 Å². The van der Waals surface area contributed by atoms with Gasteiger partial charge in [0.15, 0.2) is 0 Å². The van der Waals surface area contributed by atoms with Gasteiger partial charge in [-0.25, -0.2) is 0 Å². The molecule has 0 fully saturated rings. The van der Waals surface area contributed by atoms with Crippen molar-refractivity contribution in [1.29, 1.82) is 0 Å². The molecular weight excluding hydrogens is 248 g/mol. The molecule has 18 heavy (non-hydrogen) atoms. The maximum atomic E-state index is 12.0. The van der Waals surface area contributed by atoms with E-state index in [-0.39, 0.29) is 5.91 Å². The minimum Gasteiger partial charge on any atom is -0.492 e. The van der Waals surface area contributed by atoms with Crippen molar-refractivity contribution in [3.8, 4) is 5.75 Å². The summed E-state index contributed by atoms with van der Waals surface area (Å²) in [6, 6.07) is 10.8. The van der Waals surface area contributed by atoms with E-state index in [9.17, 15) is 4.79 Å². The van der Waals surface area contributed by atoms with E-state index < -0.39 is 0 Å². The van der Waals surface area contributed by atoms with Gasteiger partial charge in [-0.05, 0) is 31.2 Å². The Kier molecular flexibility index (Phi) is 3.84. The van der Waals surface area contributed by atoms with Crippen LogP contribution in [0.4, 0.5) is 10.7 Å². The average molecular weight is 262 g/mol. The molecular formula is C13H14N2O2S. The number of ether oxygens (including phenoxy) is 1. The Labute approximate surface area is 109 Å². The summed E-state index contributed by atoms with van der Waals surface area (Å²) < 4.78 is 5.44. The molecule has 0 unspecified atom stereocenters. The lowest BCUT2D eigenvalue weighted by Crippen LogP contribution is -2.11. The molecule has 0 saturated heterocycles. The number of rotatable bonds is 4. The average Bonchev–Trinajstić information content (AvgIpc) is 2.79. The lowest BCUT2D eigenvalue weighted by atomic mass is 10.3. The number of para-hydroxylation sites is 2. The number of benzene rings is 1. The summed E-state index contributed by atoms with van der Waals surface area (Å²) in [5.41, 5.74) is 6.26. The molecule has 0 radical (unpaired) electrons. The Morgan fingerprint density at radius 2 is 2.11 bits per heavy atom. The molecule has 1 aromatic carbocycles. The van der Waals surface area contributed by atoms with Crippen molar-refractivity contribution in [2.45, 2.75) is 6.92 Å². The second-order valence-electron chi connectivity index (χ2n) is 3.59. The van der Waals surface area contributed by atoms with Crippen molar-refractivity contribution in [1.82, 2.24) is 0 Å². The van der Waals surface area contributed by atoms with Crippen LogP contribution in [0.1, 0.15) is 16.6 Å². The summed E-state index contributed by atoms with van der Waals surface area (Å²) in [4.78, 5) is 12.6. The number of carbonyl (C=O) groups excluding carboxylic acids is 1. The van der Waals surface area contributed by atoms with Crippen LogP contribution in [-0.2, 0) is 0 Å². The van der Waals surface area contributed by atoms with E-state index in [1.165, 1.54) is 11.3 Å². The summed E-state index contributed by atoms with van der Waals surface area (Å²) in [6.07, 6.45) is 0. The number of nitrogens with two attached hydrogens (primary N) is 1. The number of hydrogen-bond donors (Lipinski definition) is 2. The summed E-state index contributed by atoms with van der Waals surface area (Å²) in [6.45, 7) is 2.46. The van der Waals surface area contributed by atoms with E-state index in [2.05, 4.69) is 5.32 Å². The highest BCUT2D eigenvalue weighted by atomic mass is 32.1. The third-order valence-electron chi connectivity index (χ3n) is 2.29. The third-order valence-corrected chi connectivity index (χ3v) is 3.20. The van der Waals surface area contributed by atoms with Gasteiger partial charge in [-0.3, -0.25) is 4.79 Å². The molecule has 1 heterocycles. The molecule has 4 nitrogen and oxygen atoms in total. The molecule has 1 aromatic heterocycles. The summed E-state index contributed by atoms with van der Waals surface area (Å²) >= 11 is 1.26. The van der Waals surface area contributed by atoms with Crippen molar-refractivity contribution >= 4 is 27.9 Å². The number of nitrogen functional groups attached to an aromatic ring is 1. The fourth-order valence-electron chi connectivity index (χ4n) is 1.51. The Bertz CT molecular complexity index is 551. The van der Waals surface area contributed by atoms with Gasteiger partial charge in [0.05, 0.1) is 22.2 Å². The zero-order chi connectivity index (χ0) is 13.0. The first-order chi connectivity index (χ1) is 8.70.